The van der Waals surface area contributed by atoms with E-state index in [2.05, 4.69) is 15.5 Å². The zero-order chi connectivity index (χ0) is 12.8. The van der Waals surface area contributed by atoms with Gasteiger partial charge in [-0.05, 0) is 19.9 Å². The Hall–Kier alpha value is -1.08. The van der Waals surface area contributed by atoms with Crippen molar-refractivity contribution in [1.82, 2.24) is 20.1 Å². The van der Waals surface area contributed by atoms with Crippen molar-refractivity contribution < 1.29 is 9.90 Å². The molecule has 0 saturated carbocycles. The molecule has 6 nitrogen and oxygen atoms in total. The monoisotopic (exact) mass is 258 g/mol. The lowest BCUT2D eigenvalue weighted by Gasteiger charge is -2.12. The molecule has 17 heavy (non-hydrogen) atoms. The van der Waals surface area contributed by atoms with Crippen LogP contribution in [0.2, 0.25) is 0 Å². The summed E-state index contributed by atoms with van der Waals surface area (Å²) in [5, 5.41) is 20.7. The molecular formula is C10H18N4O2S. The summed E-state index contributed by atoms with van der Waals surface area (Å²) in [5.41, 5.74) is 0. The Morgan fingerprint density at radius 3 is 2.76 bits per heavy atom. The molecule has 1 atom stereocenters. The standard InChI is InChI=1S/C10H18N4O2S/c1-4-11-8(9(15)16)5-6-17-10-13-12-7(2)14(10)3/h8,11H,4-6H2,1-3H3,(H,15,16). The van der Waals surface area contributed by atoms with Gasteiger partial charge in [-0.1, -0.05) is 18.7 Å². The molecule has 0 amide bonds. The predicted molar refractivity (Wildman–Crippen MR) is 66.2 cm³/mol. The van der Waals surface area contributed by atoms with E-state index >= 15 is 0 Å². The topological polar surface area (TPSA) is 80.0 Å². The molecule has 96 valence electrons. The first-order chi connectivity index (χ1) is 8.06. The molecule has 0 bridgehead atoms. The summed E-state index contributed by atoms with van der Waals surface area (Å²) in [6, 6.07) is -0.484. The van der Waals surface area contributed by atoms with Crippen molar-refractivity contribution in [3.05, 3.63) is 5.82 Å². The Kier molecular flexibility index (Phi) is 5.43. The Labute approximate surface area is 105 Å². The fourth-order valence-electron chi connectivity index (χ4n) is 1.34. The van der Waals surface area contributed by atoms with E-state index in [0.29, 0.717) is 18.7 Å². The van der Waals surface area contributed by atoms with Crippen LogP contribution in [0, 0.1) is 6.92 Å². The number of hydrogen-bond acceptors (Lipinski definition) is 5. The number of hydrogen-bond donors (Lipinski definition) is 2. The molecule has 1 heterocycles. The van der Waals surface area contributed by atoms with E-state index < -0.39 is 12.0 Å². The van der Waals surface area contributed by atoms with Crippen LogP contribution in [0.15, 0.2) is 5.16 Å². The van der Waals surface area contributed by atoms with Crippen molar-refractivity contribution in [2.45, 2.75) is 31.5 Å². The molecule has 0 fully saturated rings. The molecule has 1 rings (SSSR count). The molecule has 1 aromatic heterocycles. The quantitative estimate of drug-likeness (QED) is 0.700. The van der Waals surface area contributed by atoms with E-state index in [-0.39, 0.29) is 0 Å². The SMILES string of the molecule is CCNC(CCSc1nnc(C)n1C)C(=O)O. The zero-order valence-electron chi connectivity index (χ0n) is 10.3. The van der Waals surface area contributed by atoms with Gasteiger partial charge >= 0.3 is 5.97 Å². The van der Waals surface area contributed by atoms with E-state index in [1.54, 1.807) is 0 Å². The summed E-state index contributed by atoms with van der Waals surface area (Å²) in [4.78, 5) is 10.9. The van der Waals surface area contributed by atoms with E-state index in [9.17, 15) is 4.79 Å². The van der Waals surface area contributed by atoms with Gasteiger partial charge in [0.05, 0.1) is 0 Å². The van der Waals surface area contributed by atoms with Crippen LogP contribution in [0.3, 0.4) is 0 Å². The van der Waals surface area contributed by atoms with E-state index in [4.69, 9.17) is 5.11 Å². The van der Waals surface area contributed by atoms with Gasteiger partial charge in [-0.15, -0.1) is 10.2 Å². The molecule has 0 saturated heterocycles. The van der Waals surface area contributed by atoms with Crippen LogP contribution in [0.4, 0.5) is 0 Å². The fourth-order valence-corrected chi connectivity index (χ4v) is 2.30. The molecule has 7 heteroatoms. The van der Waals surface area contributed by atoms with Crippen molar-refractivity contribution in [2.24, 2.45) is 7.05 Å². The number of carbonyl (C=O) groups is 1. The van der Waals surface area contributed by atoms with E-state index in [0.717, 1.165) is 11.0 Å². The van der Waals surface area contributed by atoms with Gasteiger partial charge in [0.25, 0.3) is 0 Å². The molecule has 1 aromatic rings. The second-order valence-corrected chi connectivity index (χ2v) is 4.74. The van der Waals surface area contributed by atoms with Gasteiger partial charge in [-0.2, -0.15) is 0 Å². The highest BCUT2D eigenvalue weighted by molar-refractivity contribution is 7.99. The van der Waals surface area contributed by atoms with Crippen LogP contribution in [-0.4, -0.2) is 44.2 Å². The zero-order valence-corrected chi connectivity index (χ0v) is 11.1. The summed E-state index contributed by atoms with van der Waals surface area (Å²) >= 11 is 1.53. The number of aryl methyl sites for hydroxylation is 1. The molecule has 0 spiro atoms. The van der Waals surface area contributed by atoms with Crippen LogP contribution in [0.25, 0.3) is 0 Å². The van der Waals surface area contributed by atoms with Crippen LogP contribution in [-0.2, 0) is 11.8 Å². The van der Waals surface area contributed by atoms with Crippen molar-refractivity contribution in [3.63, 3.8) is 0 Å². The van der Waals surface area contributed by atoms with Gasteiger partial charge < -0.3 is 15.0 Å². The van der Waals surface area contributed by atoms with Gasteiger partial charge in [0, 0.05) is 12.8 Å². The van der Waals surface area contributed by atoms with Gasteiger partial charge in [0.15, 0.2) is 5.16 Å². The first kappa shape index (κ1) is 14.0. The number of aliphatic carboxylic acids is 1. The maximum Gasteiger partial charge on any atom is 0.320 e. The van der Waals surface area contributed by atoms with E-state index in [1.807, 2.05) is 25.5 Å². The fraction of sp³-hybridized carbons (Fsp3) is 0.700. The third-order valence-electron chi connectivity index (χ3n) is 2.44. The molecule has 2 N–H and O–H groups in total. The van der Waals surface area contributed by atoms with Crippen molar-refractivity contribution in [3.8, 4) is 0 Å². The average molecular weight is 258 g/mol. The lowest BCUT2D eigenvalue weighted by molar-refractivity contribution is -0.139. The second-order valence-electron chi connectivity index (χ2n) is 3.67. The van der Waals surface area contributed by atoms with Crippen LogP contribution >= 0.6 is 11.8 Å². The highest BCUT2D eigenvalue weighted by Crippen LogP contribution is 2.16. The minimum atomic E-state index is -0.804. The lowest BCUT2D eigenvalue weighted by atomic mass is 10.2. The Morgan fingerprint density at radius 1 is 1.59 bits per heavy atom. The van der Waals surface area contributed by atoms with Gasteiger partial charge in [-0.3, -0.25) is 4.79 Å². The van der Waals surface area contributed by atoms with E-state index in [1.165, 1.54) is 11.8 Å². The maximum absolute atomic E-state index is 10.9. The molecule has 0 aliphatic rings. The minimum Gasteiger partial charge on any atom is -0.480 e. The molecule has 0 aromatic carbocycles. The predicted octanol–water partition coefficient (Wildman–Crippen LogP) is 0.668. The minimum absolute atomic E-state index is 0.484. The number of nitrogens with one attached hydrogen (secondary N) is 1. The molecule has 0 radical (unpaired) electrons. The number of nitrogens with zero attached hydrogens (tertiary/aromatic N) is 3. The van der Waals surface area contributed by atoms with Gasteiger partial charge in [-0.25, -0.2) is 0 Å². The normalized spacial score (nSPS) is 12.6. The first-order valence-corrected chi connectivity index (χ1v) is 6.49. The average Bonchev–Trinajstić information content (AvgIpc) is 2.59. The Morgan fingerprint density at radius 2 is 2.29 bits per heavy atom. The first-order valence-electron chi connectivity index (χ1n) is 5.51. The lowest BCUT2D eigenvalue weighted by Crippen LogP contribution is -2.36. The summed E-state index contributed by atoms with van der Waals surface area (Å²) in [5.74, 6) is 0.756. The number of likely N-dealkylation sites (N-methyl/N-ethyl adjacent to an activating group) is 1. The smallest absolute Gasteiger partial charge is 0.320 e. The van der Waals surface area contributed by atoms with Crippen LogP contribution in [0.5, 0.6) is 0 Å². The third-order valence-corrected chi connectivity index (χ3v) is 3.49. The van der Waals surface area contributed by atoms with Gasteiger partial charge in [0.2, 0.25) is 0 Å². The van der Waals surface area contributed by atoms with Crippen LogP contribution < -0.4 is 5.32 Å². The van der Waals surface area contributed by atoms with Crippen molar-refractivity contribution >= 4 is 17.7 Å². The number of aromatic nitrogens is 3. The summed E-state index contributed by atoms with van der Waals surface area (Å²) in [6.45, 7) is 4.44. The van der Waals surface area contributed by atoms with Gasteiger partial charge in [0.1, 0.15) is 11.9 Å². The summed E-state index contributed by atoms with van der Waals surface area (Å²) < 4.78 is 1.90. The summed E-state index contributed by atoms with van der Waals surface area (Å²) in [6.07, 6.45) is 0.569. The van der Waals surface area contributed by atoms with Crippen molar-refractivity contribution in [1.29, 1.82) is 0 Å². The second kappa shape index (κ2) is 6.61. The molecule has 0 aliphatic heterocycles. The Balaban J connectivity index is 2.41. The number of rotatable bonds is 7. The highest BCUT2D eigenvalue weighted by Gasteiger charge is 2.16. The number of carboxylic acid groups (broad SMARTS) is 1. The highest BCUT2D eigenvalue weighted by atomic mass is 32.2. The Bertz CT molecular complexity index is 380. The van der Waals surface area contributed by atoms with Crippen LogP contribution in [0.1, 0.15) is 19.2 Å². The maximum atomic E-state index is 10.9. The molecule has 0 aliphatic carbocycles. The third kappa shape index (κ3) is 4.01. The molecular weight excluding hydrogens is 240 g/mol. The number of thioether (sulfide) groups is 1. The molecule has 1 unspecified atom stereocenters. The number of carboxylic acids is 1. The summed E-state index contributed by atoms with van der Waals surface area (Å²) in [7, 11) is 1.90. The largest absolute Gasteiger partial charge is 0.480 e. The van der Waals surface area contributed by atoms with Crippen molar-refractivity contribution in [2.75, 3.05) is 12.3 Å².